The van der Waals surface area contributed by atoms with Crippen molar-refractivity contribution in [3.05, 3.63) is 64.1 Å². The van der Waals surface area contributed by atoms with Gasteiger partial charge in [-0.15, -0.1) is 0 Å². The van der Waals surface area contributed by atoms with Gasteiger partial charge in [0.1, 0.15) is 5.69 Å². The molecular weight excluding hydrogens is 392 g/mol. The standard InChI is InChI=1S/C23H20ClF2N3/c1-23(25,26)21-8-3-14(13-27-21)9-10-29-18-6-4-15(24)11-17(18)22-19-7-5-16(28(19)2)12-20(22)29/h3-4,6,8,11,13,16,19H,5,7,12H2,1-2H3. The largest absolute Gasteiger partial charge is 0.296 e. The van der Waals surface area contributed by atoms with Gasteiger partial charge in [-0.1, -0.05) is 11.6 Å². The first-order valence-electron chi connectivity index (χ1n) is 9.74. The summed E-state index contributed by atoms with van der Waals surface area (Å²) in [6, 6.07) is 13.0. The molecule has 1 fully saturated rings. The first kappa shape index (κ1) is 18.6. The van der Waals surface area contributed by atoms with Crippen LogP contribution in [0.2, 0.25) is 5.02 Å². The van der Waals surface area contributed by atoms with Gasteiger partial charge in [-0.3, -0.25) is 14.5 Å². The summed E-state index contributed by atoms with van der Waals surface area (Å²) in [5.41, 5.74) is 3.97. The molecule has 0 saturated carbocycles. The van der Waals surface area contributed by atoms with E-state index in [2.05, 4.69) is 33.5 Å². The molecule has 2 unspecified atom stereocenters. The highest BCUT2D eigenvalue weighted by Crippen LogP contribution is 2.47. The summed E-state index contributed by atoms with van der Waals surface area (Å²) >= 11 is 6.30. The molecule has 3 aromatic rings. The molecule has 3 nitrogen and oxygen atoms in total. The minimum atomic E-state index is -2.95. The SMILES string of the molecule is CN1C2CCC1c1c(n(C#Cc3ccc(C(C)(F)F)nc3)c3ccc(Cl)cc13)C2. The highest BCUT2D eigenvalue weighted by Gasteiger charge is 2.40. The summed E-state index contributed by atoms with van der Waals surface area (Å²) in [5, 5.41) is 1.87. The van der Waals surface area contributed by atoms with Crippen LogP contribution in [0.1, 0.15) is 48.3 Å². The Hall–Kier alpha value is -2.42. The molecule has 1 aromatic carbocycles. The molecule has 2 bridgehead atoms. The number of benzene rings is 1. The van der Waals surface area contributed by atoms with E-state index in [1.54, 1.807) is 6.07 Å². The van der Waals surface area contributed by atoms with Crippen molar-refractivity contribution < 1.29 is 8.78 Å². The molecule has 1 saturated heterocycles. The number of halogens is 3. The summed E-state index contributed by atoms with van der Waals surface area (Å²) in [5.74, 6) is 0.151. The van der Waals surface area contributed by atoms with Gasteiger partial charge in [-0.2, -0.15) is 8.78 Å². The van der Waals surface area contributed by atoms with Gasteiger partial charge in [0.2, 0.25) is 0 Å². The summed E-state index contributed by atoms with van der Waals surface area (Å²) < 4.78 is 28.8. The first-order chi connectivity index (χ1) is 13.8. The van der Waals surface area contributed by atoms with Crippen LogP contribution in [0.15, 0.2) is 36.5 Å². The van der Waals surface area contributed by atoms with Crippen LogP contribution < -0.4 is 0 Å². The van der Waals surface area contributed by atoms with Crippen LogP contribution in [0, 0.1) is 12.0 Å². The fourth-order valence-electron chi connectivity index (χ4n) is 4.72. The van der Waals surface area contributed by atoms with E-state index in [1.165, 1.54) is 29.9 Å². The summed E-state index contributed by atoms with van der Waals surface area (Å²) in [7, 11) is 2.20. The number of rotatable bonds is 1. The zero-order valence-corrected chi connectivity index (χ0v) is 17.0. The number of pyridine rings is 1. The Bertz CT molecular complexity index is 1170. The number of hydrogen-bond donors (Lipinski definition) is 0. The van der Waals surface area contributed by atoms with Crippen molar-refractivity contribution in [1.82, 2.24) is 14.5 Å². The smallest absolute Gasteiger partial charge is 0.286 e. The second-order valence-corrected chi connectivity index (χ2v) is 8.47. The van der Waals surface area contributed by atoms with Crippen LogP contribution in [-0.2, 0) is 12.3 Å². The third-order valence-electron chi connectivity index (χ3n) is 6.20. The molecule has 5 rings (SSSR count). The molecule has 6 heteroatoms. The third-order valence-corrected chi connectivity index (χ3v) is 6.43. The molecule has 29 heavy (non-hydrogen) atoms. The van der Waals surface area contributed by atoms with Crippen molar-refractivity contribution in [2.24, 2.45) is 0 Å². The van der Waals surface area contributed by atoms with E-state index >= 15 is 0 Å². The van der Waals surface area contributed by atoms with Crippen LogP contribution in [0.3, 0.4) is 0 Å². The summed E-state index contributed by atoms with van der Waals surface area (Å²) in [6.07, 6.45) is 4.68. The Morgan fingerprint density at radius 1 is 1.21 bits per heavy atom. The highest BCUT2D eigenvalue weighted by molar-refractivity contribution is 6.31. The highest BCUT2D eigenvalue weighted by atomic mass is 35.5. The van der Waals surface area contributed by atoms with Crippen molar-refractivity contribution in [1.29, 1.82) is 0 Å². The van der Waals surface area contributed by atoms with Crippen molar-refractivity contribution in [2.45, 2.75) is 44.2 Å². The minimum absolute atomic E-state index is 0.249. The van der Waals surface area contributed by atoms with E-state index in [0.29, 0.717) is 22.7 Å². The Kier molecular flexibility index (Phi) is 4.20. The van der Waals surface area contributed by atoms with Gasteiger partial charge in [-0.05, 0) is 61.7 Å². The minimum Gasteiger partial charge on any atom is -0.296 e. The maximum absolute atomic E-state index is 13.4. The molecule has 2 aromatic heterocycles. The molecule has 2 atom stereocenters. The Balaban J connectivity index is 1.62. The number of alkyl halides is 2. The topological polar surface area (TPSA) is 21.1 Å². The van der Waals surface area contributed by atoms with Crippen molar-refractivity contribution in [2.75, 3.05) is 7.05 Å². The Labute approximate surface area is 173 Å². The van der Waals surface area contributed by atoms with E-state index in [1.807, 2.05) is 18.2 Å². The Morgan fingerprint density at radius 2 is 2.03 bits per heavy atom. The zero-order chi connectivity index (χ0) is 20.3. The zero-order valence-electron chi connectivity index (χ0n) is 16.2. The van der Waals surface area contributed by atoms with Crippen molar-refractivity contribution in [3.63, 3.8) is 0 Å². The summed E-state index contributed by atoms with van der Waals surface area (Å²) in [6.45, 7) is 0.843. The van der Waals surface area contributed by atoms with Crippen LogP contribution in [0.4, 0.5) is 8.78 Å². The normalized spacial score (nSPS) is 21.1. The van der Waals surface area contributed by atoms with Crippen LogP contribution in [-0.4, -0.2) is 27.5 Å². The lowest BCUT2D eigenvalue weighted by Crippen LogP contribution is -2.34. The van der Waals surface area contributed by atoms with E-state index in [9.17, 15) is 8.78 Å². The first-order valence-corrected chi connectivity index (χ1v) is 10.1. The number of aromatic nitrogens is 2. The quantitative estimate of drug-likeness (QED) is 0.503. The lowest BCUT2D eigenvalue weighted by molar-refractivity contribution is 0.0127. The molecular formula is C23H20ClF2N3. The van der Waals surface area contributed by atoms with Gasteiger partial charge in [0.25, 0.3) is 5.92 Å². The second-order valence-electron chi connectivity index (χ2n) is 8.03. The third kappa shape index (κ3) is 3.02. The molecule has 0 N–H and O–H groups in total. The van der Waals surface area contributed by atoms with Gasteiger partial charge in [0, 0.05) is 59.3 Å². The fourth-order valence-corrected chi connectivity index (χ4v) is 4.89. The molecule has 148 valence electrons. The number of nitrogens with zero attached hydrogens (tertiary/aromatic N) is 3. The molecule has 0 aliphatic carbocycles. The van der Waals surface area contributed by atoms with E-state index in [-0.39, 0.29) is 5.69 Å². The molecule has 2 aliphatic heterocycles. The van der Waals surface area contributed by atoms with Crippen LogP contribution >= 0.6 is 11.6 Å². The number of hydrogen-bond acceptors (Lipinski definition) is 2. The average molecular weight is 412 g/mol. The van der Waals surface area contributed by atoms with Crippen LogP contribution in [0.25, 0.3) is 10.9 Å². The molecule has 0 spiro atoms. The fraction of sp³-hybridized carbons (Fsp3) is 0.348. The van der Waals surface area contributed by atoms with Gasteiger partial charge in [0.05, 0.1) is 5.52 Å². The second kappa shape index (κ2) is 6.55. The average Bonchev–Trinajstić information content (AvgIpc) is 3.09. The van der Waals surface area contributed by atoms with Gasteiger partial charge in [-0.25, -0.2) is 0 Å². The molecule has 0 radical (unpaired) electrons. The van der Waals surface area contributed by atoms with Crippen LogP contribution in [0.5, 0.6) is 0 Å². The lowest BCUT2D eigenvalue weighted by Gasteiger charge is -2.31. The van der Waals surface area contributed by atoms with Gasteiger partial charge < -0.3 is 0 Å². The molecule has 2 aliphatic rings. The monoisotopic (exact) mass is 411 g/mol. The van der Waals surface area contributed by atoms with Crippen molar-refractivity contribution >= 4 is 22.5 Å². The predicted octanol–water partition coefficient (Wildman–Crippen LogP) is 5.35. The van der Waals surface area contributed by atoms with E-state index < -0.39 is 5.92 Å². The molecule has 4 heterocycles. The van der Waals surface area contributed by atoms with E-state index in [4.69, 9.17) is 11.6 Å². The van der Waals surface area contributed by atoms with E-state index in [0.717, 1.165) is 30.7 Å². The maximum Gasteiger partial charge on any atom is 0.286 e. The predicted molar refractivity (Wildman–Crippen MR) is 110 cm³/mol. The molecule has 0 amide bonds. The van der Waals surface area contributed by atoms with Gasteiger partial charge in [0.15, 0.2) is 0 Å². The number of likely N-dealkylation sites (N-methyl/N-ethyl adjacent to an activating group) is 1. The van der Waals surface area contributed by atoms with Gasteiger partial charge >= 0.3 is 0 Å². The lowest BCUT2D eigenvalue weighted by atomic mass is 9.97. The Morgan fingerprint density at radius 3 is 2.76 bits per heavy atom. The van der Waals surface area contributed by atoms with Crippen molar-refractivity contribution in [3.8, 4) is 12.0 Å². The maximum atomic E-state index is 13.4. The summed E-state index contributed by atoms with van der Waals surface area (Å²) in [4.78, 5) is 6.34. The number of fused-ring (bicyclic) bond motifs is 6.